The van der Waals surface area contributed by atoms with E-state index in [1.165, 1.54) is 0 Å². The molecule has 2 atom stereocenters. The highest BCUT2D eigenvalue weighted by Crippen LogP contribution is 2.29. The number of hydrogen-bond donors (Lipinski definition) is 3. The Morgan fingerprint density at radius 1 is 1.38 bits per heavy atom. The Morgan fingerprint density at radius 3 is 2.88 bits per heavy atom. The minimum atomic E-state index is -0.567. The van der Waals surface area contributed by atoms with Gasteiger partial charge in [0, 0.05) is 37.2 Å². The highest BCUT2D eigenvalue weighted by molar-refractivity contribution is 5.90. The summed E-state index contributed by atoms with van der Waals surface area (Å²) in [4.78, 5) is 16.5. The number of rotatable bonds is 4. The van der Waals surface area contributed by atoms with Gasteiger partial charge in [0.25, 0.3) is 0 Å². The third kappa shape index (κ3) is 4.46. The summed E-state index contributed by atoms with van der Waals surface area (Å²) < 4.78 is 7.22. The lowest BCUT2D eigenvalue weighted by Crippen LogP contribution is -2.34. The Balaban J connectivity index is 1.82. The molecule has 2 aromatic heterocycles. The minimum absolute atomic E-state index is 0.188. The smallest absolute Gasteiger partial charge is 0.412 e. The summed E-state index contributed by atoms with van der Waals surface area (Å²) in [7, 11) is 0. The van der Waals surface area contributed by atoms with Crippen LogP contribution in [0.25, 0.3) is 5.65 Å². The van der Waals surface area contributed by atoms with Gasteiger partial charge in [-0.05, 0) is 39.7 Å². The van der Waals surface area contributed by atoms with Crippen LogP contribution in [0.15, 0.2) is 24.7 Å². The Morgan fingerprint density at radius 2 is 2.15 bits per heavy atom. The number of carbonyl (C=O) groups excluding carboxylic acids is 1. The molecule has 0 radical (unpaired) electrons. The monoisotopic (exact) mass is 360 g/mol. The predicted molar refractivity (Wildman–Crippen MR) is 102 cm³/mol. The van der Waals surface area contributed by atoms with Crippen molar-refractivity contribution < 1.29 is 14.6 Å². The van der Waals surface area contributed by atoms with Crippen LogP contribution >= 0.6 is 0 Å². The standard InChI is InChI=1S/C19H28N4O3/c1-19(2,3)26-18(25)22-16-10-14(11-23-9-8-20-17(16)23)21-15-7-5-4-6-13(15)12-24/h8-11,13,15,21,24H,4-7,12H2,1-3H3,(H,22,25)/t13-,15-/m0/s1. The molecule has 0 aromatic carbocycles. The number of imidazole rings is 1. The zero-order chi connectivity index (χ0) is 18.7. The van der Waals surface area contributed by atoms with Crippen molar-refractivity contribution in [3.8, 4) is 0 Å². The predicted octanol–water partition coefficient (Wildman–Crippen LogP) is 3.64. The molecule has 1 saturated carbocycles. The van der Waals surface area contributed by atoms with Gasteiger partial charge in [-0.25, -0.2) is 9.78 Å². The number of fused-ring (bicyclic) bond motifs is 1. The fourth-order valence-corrected chi connectivity index (χ4v) is 3.45. The number of anilines is 2. The van der Waals surface area contributed by atoms with Crippen molar-refractivity contribution in [3.05, 3.63) is 24.7 Å². The van der Waals surface area contributed by atoms with Crippen molar-refractivity contribution in [2.45, 2.75) is 58.1 Å². The Labute approximate surface area is 153 Å². The molecular formula is C19H28N4O3. The van der Waals surface area contributed by atoms with Gasteiger partial charge < -0.3 is 19.6 Å². The third-order valence-electron chi connectivity index (χ3n) is 4.62. The second-order valence-electron chi connectivity index (χ2n) is 7.91. The van der Waals surface area contributed by atoms with Gasteiger partial charge in [-0.2, -0.15) is 0 Å². The number of nitrogens with one attached hydrogen (secondary N) is 2. The van der Waals surface area contributed by atoms with E-state index in [4.69, 9.17) is 4.74 Å². The molecule has 2 aromatic rings. The van der Waals surface area contributed by atoms with Crippen molar-refractivity contribution in [2.75, 3.05) is 17.2 Å². The maximum Gasteiger partial charge on any atom is 0.412 e. The second-order valence-corrected chi connectivity index (χ2v) is 7.91. The van der Waals surface area contributed by atoms with Crippen LogP contribution in [0.3, 0.4) is 0 Å². The Bertz CT molecular complexity index is 766. The van der Waals surface area contributed by atoms with E-state index in [-0.39, 0.29) is 18.6 Å². The van der Waals surface area contributed by atoms with Gasteiger partial charge in [0.05, 0.1) is 11.4 Å². The SMILES string of the molecule is CC(C)(C)OC(=O)Nc1cc(N[C@H]2CCCC[C@H]2CO)cn2ccnc12. The Hall–Kier alpha value is -2.28. The molecule has 0 saturated heterocycles. The van der Waals surface area contributed by atoms with E-state index >= 15 is 0 Å². The van der Waals surface area contributed by atoms with E-state index in [1.54, 1.807) is 6.20 Å². The van der Waals surface area contributed by atoms with Gasteiger partial charge in [-0.3, -0.25) is 5.32 Å². The number of nitrogens with zero attached hydrogens (tertiary/aromatic N) is 2. The molecule has 1 amide bonds. The van der Waals surface area contributed by atoms with Gasteiger partial charge >= 0.3 is 6.09 Å². The average Bonchev–Trinajstić information content (AvgIpc) is 3.02. The van der Waals surface area contributed by atoms with Gasteiger partial charge in [0.1, 0.15) is 5.60 Å². The van der Waals surface area contributed by atoms with Crippen molar-refractivity contribution in [2.24, 2.45) is 5.92 Å². The van der Waals surface area contributed by atoms with E-state index < -0.39 is 11.7 Å². The Kier molecular flexibility index (Phi) is 5.36. The summed E-state index contributed by atoms with van der Waals surface area (Å²) in [6.07, 6.45) is 9.35. The van der Waals surface area contributed by atoms with Crippen molar-refractivity contribution >= 4 is 23.1 Å². The van der Waals surface area contributed by atoms with E-state index in [0.717, 1.165) is 31.4 Å². The van der Waals surface area contributed by atoms with E-state index in [9.17, 15) is 9.90 Å². The first-order chi connectivity index (χ1) is 12.4. The van der Waals surface area contributed by atoms with E-state index in [1.807, 2.05) is 43.6 Å². The summed E-state index contributed by atoms with van der Waals surface area (Å²) in [5.74, 6) is 0.254. The number of aliphatic hydroxyl groups excluding tert-OH is 1. The molecule has 0 unspecified atom stereocenters. The lowest BCUT2D eigenvalue weighted by atomic mass is 9.85. The summed E-state index contributed by atoms with van der Waals surface area (Å²) in [5, 5.41) is 16.0. The van der Waals surface area contributed by atoms with Crippen molar-refractivity contribution in [3.63, 3.8) is 0 Å². The first-order valence-corrected chi connectivity index (χ1v) is 9.20. The molecular weight excluding hydrogens is 332 g/mol. The summed E-state index contributed by atoms with van der Waals surface area (Å²) in [6.45, 7) is 5.67. The molecule has 0 aliphatic heterocycles. The van der Waals surface area contributed by atoms with Crippen LogP contribution in [0.4, 0.5) is 16.2 Å². The van der Waals surface area contributed by atoms with Crippen LogP contribution in [0, 0.1) is 5.92 Å². The maximum atomic E-state index is 12.2. The first-order valence-electron chi connectivity index (χ1n) is 9.20. The van der Waals surface area contributed by atoms with Crippen LogP contribution in [0.2, 0.25) is 0 Å². The fourth-order valence-electron chi connectivity index (χ4n) is 3.45. The lowest BCUT2D eigenvalue weighted by Gasteiger charge is -2.31. The summed E-state index contributed by atoms with van der Waals surface area (Å²) >= 11 is 0. The molecule has 1 fully saturated rings. The van der Waals surface area contributed by atoms with E-state index in [0.29, 0.717) is 11.3 Å². The largest absolute Gasteiger partial charge is 0.444 e. The average molecular weight is 360 g/mol. The molecule has 7 heteroatoms. The number of amides is 1. The molecule has 1 aliphatic carbocycles. The van der Waals surface area contributed by atoms with Gasteiger partial charge in [-0.15, -0.1) is 0 Å². The molecule has 3 N–H and O–H groups in total. The third-order valence-corrected chi connectivity index (χ3v) is 4.62. The second kappa shape index (κ2) is 7.53. The molecule has 3 rings (SSSR count). The van der Waals surface area contributed by atoms with Crippen LogP contribution in [0.5, 0.6) is 0 Å². The van der Waals surface area contributed by atoms with E-state index in [2.05, 4.69) is 15.6 Å². The van der Waals surface area contributed by atoms with Crippen molar-refractivity contribution in [1.82, 2.24) is 9.38 Å². The number of pyridine rings is 1. The maximum absolute atomic E-state index is 12.2. The number of aromatic nitrogens is 2. The van der Waals surface area contributed by atoms with Crippen LogP contribution in [-0.2, 0) is 4.74 Å². The fraction of sp³-hybridized carbons (Fsp3) is 0.579. The summed E-state index contributed by atoms with van der Waals surface area (Å²) in [6, 6.07) is 2.10. The molecule has 0 spiro atoms. The topological polar surface area (TPSA) is 87.9 Å². The highest BCUT2D eigenvalue weighted by Gasteiger charge is 2.25. The number of carbonyl (C=O) groups is 1. The van der Waals surface area contributed by atoms with Crippen LogP contribution in [0.1, 0.15) is 46.5 Å². The lowest BCUT2D eigenvalue weighted by molar-refractivity contribution is 0.0636. The molecule has 2 heterocycles. The number of aliphatic hydroxyl groups is 1. The summed E-state index contributed by atoms with van der Waals surface area (Å²) in [5.41, 5.74) is 1.56. The molecule has 1 aliphatic rings. The first kappa shape index (κ1) is 18.5. The van der Waals surface area contributed by atoms with Crippen LogP contribution < -0.4 is 10.6 Å². The zero-order valence-electron chi connectivity index (χ0n) is 15.7. The quantitative estimate of drug-likeness (QED) is 0.775. The van der Waals surface area contributed by atoms with Gasteiger partial charge in [0.15, 0.2) is 5.65 Å². The molecule has 26 heavy (non-hydrogen) atoms. The molecule has 0 bridgehead atoms. The number of ether oxygens (including phenoxy) is 1. The number of hydrogen-bond acceptors (Lipinski definition) is 5. The van der Waals surface area contributed by atoms with Gasteiger partial charge in [-0.1, -0.05) is 12.8 Å². The molecule has 142 valence electrons. The van der Waals surface area contributed by atoms with Crippen molar-refractivity contribution in [1.29, 1.82) is 0 Å². The van der Waals surface area contributed by atoms with Crippen LogP contribution in [-0.4, -0.2) is 38.8 Å². The zero-order valence-corrected chi connectivity index (χ0v) is 15.7. The normalized spacial score (nSPS) is 20.8. The minimum Gasteiger partial charge on any atom is -0.444 e. The molecule has 7 nitrogen and oxygen atoms in total. The van der Waals surface area contributed by atoms with Gasteiger partial charge in [0.2, 0.25) is 0 Å². The highest BCUT2D eigenvalue weighted by atomic mass is 16.6.